The molecule has 1 saturated heterocycles. The Morgan fingerprint density at radius 2 is 2.12 bits per heavy atom. The van der Waals surface area contributed by atoms with Gasteiger partial charge in [-0.3, -0.25) is 4.79 Å². The van der Waals surface area contributed by atoms with E-state index < -0.39 is 0 Å². The first-order valence-electron chi connectivity index (χ1n) is 7.84. The van der Waals surface area contributed by atoms with Gasteiger partial charge in [0.1, 0.15) is 11.0 Å². The lowest BCUT2D eigenvalue weighted by atomic mass is 10.1. The van der Waals surface area contributed by atoms with Crippen LogP contribution >= 0.6 is 11.6 Å². The van der Waals surface area contributed by atoms with E-state index in [-0.39, 0.29) is 17.1 Å². The van der Waals surface area contributed by atoms with Crippen LogP contribution in [0.1, 0.15) is 23.2 Å². The number of hydrogen-bond donors (Lipinski definition) is 2. The van der Waals surface area contributed by atoms with Crippen LogP contribution in [0.2, 0.25) is 5.15 Å². The first kappa shape index (κ1) is 16.4. The molecule has 0 aromatic carbocycles. The molecule has 2 N–H and O–H groups in total. The van der Waals surface area contributed by atoms with Crippen molar-refractivity contribution in [2.75, 3.05) is 30.4 Å². The zero-order chi connectivity index (χ0) is 16.9. The molecule has 8 heteroatoms. The number of halogens is 1. The summed E-state index contributed by atoms with van der Waals surface area (Å²) in [5.74, 6) is 1.10. The highest BCUT2D eigenvalue weighted by atomic mass is 35.5. The number of nitrogens with zero attached hydrogens (tertiary/aromatic N) is 4. The number of aromatic nitrogens is 3. The second-order valence-corrected chi connectivity index (χ2v) is 6.01. The van der Waals surface area contributed by atoms with Crippen LogP contribution in [0.15, 0.2) is 30.6 Å². The molecule has 1 aliphatic rings. The van der Waals surface area contributed by atoms with Gasteiger partial charge in [-0.05, 0) is 31.0 Å². The fourth-order valence-electron chi connectivity index (χ4n) is 2.76. The van der Waals surface area contributed by atoms with Crippen molar-refractivity contribution in [1.82, 2.24) is 20.3 Å². The van der Waals surface area contributed by atoms with Gasteiger partial charge in [0.2, 0.25) is 5.95 Å². The third kappa shape index (κ3) is 3.91. The molecular weight excluding hydrogens is 328 g/mol. The standard InChI is InChI=1S/C16H19ClN6O/c1-18-14-9-11(8-13(17)22-14)15(24)21-12-4-2-7-23(10-12)16-19-5-3-6-20-16/h3,5-6,8-9,12H,2,4,7,10H2,1H3,(H,18,22)(H,21,24)/t12-/m0/s1. The average Bonchev–Trinajstić information content (AvgIpc) is 2.62. The Morgan fingerprint density at radius 1 is 1.33 bits per heavy atom. The highest BCUT2D eigenvalue weighted by molar-refractivity contribution is 6.29. The van der Waals surface area contributed by atoms with E-state index in [2.05, 4.69) is 30.5 Å². The lowest BCUT2D eigenvalue weighted by Gasteiger charge is -2.33. The van der Waals surface area contributed by atoms with Crippen molar-refractivity contribution < 1.29 is 4.79 Å². The van der Waals surface area contributed by atoms with Crippen LogP contribution < -0.4 is 15.5 Å². The molecule has 1 atom stereocenters. The second-order valence-electron chi connectivity index (χ2n) is 5.62. The summed E-state index contributed by atoms with van der Waals surface area (Å²) in [6.45, 7) is 1.58. The number of amides is 1. The van der Waals surface area contributed by atoms with Crippen molar-refractivity contribution in [2.45, 2.75) is 18.9 Å². The molecule has 0 unspecified atom stereocenters. The van der Waals surface area contributed by atoms with Gasteiger partial charge in [-0.25, -0.2) is 15.0 Å². The van der Waals surface area contributed by atoms with Crippen LogP contribution in [0.25, 0.3) is 0 Å². The maximum atomic E-state index is 12.5. The number of nitrogens with one attached hydrogen (secondary N) is 2. The Hall–Kier alpha value is -2.41. The van der Waals surface area contributed by atoms with Gasteiger partial charge in [-0.2, -0.15) is 0 Å². The maximum absolute atomic E-state index is 12.5. The molecule has 0 saturated carbocycles. The van der Waals surface area contributed by atoms with Crippen molar-refractivity contribution in [3.05, 3.63) is 41.3 Å². The van der Waals surface area contributed by atoms with Gasteiger partial charge in [0, 0.05) is 44.1 Å². The van der Waals surface area contributed by atoms with Crippen LogP contribution in [0.4, 0.5) is 11.8 Å². The summed E-state index contributed by atoms with van der Waals surface area (Å²) < 4.78 is 0. The van der Waals surface area contributed by atoms with Crippen molar-refractivity contribution in [1.29, 1.82) is 0 Å². The monoisotopic (exact) mass is 346 g/mol. The maximum Gasteiger partial charge on any atom is 0.251 e. The highest BCUT2D eigenvalue weighted by Crippen LogP contribution is 2.17. The lowest BCUT2D eigenvalue weighted by molar-refractivity contribution is 0.0933. The summed E-state index contributed by atoms with van der Waals surface area (Å²) >= 11 is 5.96. The molecule has 24 heavy (non-hydrogen) atoms. The summed E-state index contributed by atoms with van der Waals surface area (Å²) in [4.78, 5) is 27.2. The van der Waals surface area contributed by atoms with E-state index in [9.17, 15) is 4.79 Å². The van der Waals surface area contributed by atoms with E-state index in [1.165, 1.54) is 0 Å². The van der Waals surface area contributed by atoms with Gasteiger partial charge in [-0.1, -0.05) is 11.6 Å². The number of pyridine rings is 1. The van der Waals surface area contributed by atoms with Crippen LogP contribution in [0, 0.1) is 0 Å². The second kappa shape index (κ2) is 7.44. The van der Waals surface area contributed by atoms with E-state index in [0.717, 1.165) is 19.4 Å². The molecule has 2 aromatic heterocycles. The van der Waals surface area contributed by atoms with Crippen molar-refractivity contribution >= 4 is 29.3 Å². The molecule has 0 spiro atoms. The Kier molecular flexibility index (Phi) is 5.10. The largest absolute Gasteiger partial charge is 0.373 e. The zero-order valence-corrected chi connectivity index (χ0v) is 14.1. The van der Waals surface area contributed by atoms with Crippen LogP contribution in [0.3, 0.4) is 0 Å². The van der Waals surface area contributed by atoms with E-state index in [0.29, 0.717) is 23.9 Å². The molecule has 0 radical (unpaired) electrons. The van der Waals surface area contributed by atoms with Gasteiger partial charge >= 0.3 is 0 Å². The van der Waals surface area contributed by atoms with Crippen LogP contribution in [0.5, 0.6) is 0 Å². The predicted octanol–water partition coefficient (Wildman–Crippen LogP) is 1.97. The number of rotatable bonds is 4. The van der Waals surface area contributed by atoms with Crippen LogP contribution in [-0.4, -0.2) is 47.0 Å². The predicted molar refractivity (Wildman–Crippen MR) is 93.5 cm³/mol. The van der Waals surface area contributed by atoms with Gasteiger partial charge in [0.25, 0.3) is 5.91 Å². The molecule has 1 amide bonds. The Balaban J connectivity index is 1.67. The number of anilines is 2. The number of carbonyl (C=O) groups excluding carboxylic acids is 1. The third-order valence-corrected chi connectivity index (χ3v) is 4.10. The normalized spacial score (nSPS) is 17.4. The van der Waals surface area contributed by atoms with Gasteiger partial charge < -0.3 is 15.5 Å². The first-order valence-corrected chi connectivity index (χ1v) is 8.21. The average molecular weight is 347 g/mol. The molecule has 2 aromatic rings. The van der Waals surface area contributed by atoms with E-state index in [1.54, 1.807) is 37.6 Å². The molecule has 3 heterocycles. The SMILES string of the molecule is CNc1cc(C(=O)N[C@H]2CCCN(c3ncccn3)C2)cc(Cl)n1. The molecule has 1 fully saturated rings. The minimum absolute atomic E-state index is 0.0417. The summed E-state index contributed by atoms with van der Waals surface area (Å²) in [6, 6.07) is 5.08. The Labute approximate surface area is 145 Å². The fraction of sp³-hybridized carbons (Fsp3) is 0.375. The highest BCUT2D eigenvalue weighted by Gasteiger charge is 2.23. The Bertz CT molecular complexity index is 711. The number of piperidine rings is 1. The molecular formula is C16H19ClN6O. The number of carbonyl (C=O) groups is 1. The molecule has 126 valence electrons. The quantitative estimate of drug-likeness (QED) is 0.823. The lowest BCUT2D eigenvalue weighted by Crippen LogP contribution is -2.48. The summed E-state index contributed by atoms with van der Waals surface area (Å²) in [5, 5.41) is 6.25. The smallest absolute Gasteiger partial charge is 0.251 e. The Morgan fingerprint density at radius 3 is 2.88 bits per heavy atom. The minimum atomic E-state index is -0.156. The summed E-state index contributed by atoms with van der Waals surface area (Å²) in [7, 11) is 1.74. The van der Waals surface area contributed by atoms with Crippen molar-refractivity contribution in [3.8, 4) is 0 Å². The zero-order valence-electron chi connectivity index (χ0n) is 13.4. The fourth-order valence-corrected chi connectivity index (χ4v) is 2.96. The molecule has 3 rings (SSSR count). The number of hydrogen-bond acceptors (Lipinski definition) is 6. The molecule has 0 bridgehead atoms. The van der Waals surface area contributed by atoms with Crippen LogP contribution in [-0.2, 0) is 0 Å². The van der Waals surface area contributed by atoms with E-state index in [4.69, 9.17) is 11.6 Å². The topological polar surface area (TPSA) is 83.0 Å². The van der Waals surface area contributed by atoms with Gasteiger partial charge in [-0.15, -0.1) is 0 Å². The summed E-state index contributed by atoms with van der Waals surface area (Å²) in [6.07, 6.45) is 5.35. The van der Waals surface area contributed by atoms with E-state index >= 15 is 0 Å². The molecule has 0 aliphatic carbocycles. The molecule has 1 aliphatic heterocycles. The van der Waals surface area contributed by atoms with Gasteiger partial charge in [0.15, 0.2) is 0 Å². The first-order chi connectivity index (χ1) is 11.7. The van der Waals surface area contributed by atoms with Gasteiger partial charge in [0.05, 0.1) is 0 Å². The molecule has 7 nitrogen and oxygen atoms in total. The third-order valence-electron chi connectivity index (χ3n) is 3.90. The summed E-state index contributed by atoms with van der Waals surface area (Å²) in [5.41, 5.74) is 0.493. The van der Waals surface area contributed by atoms with E-state index in [1.807, 2.05) is 0 Å². The minimum Gasteiger partial charge on any atom is -0.373 e. The van der Waals surface area contributed by atoms with Crippen molar-refractivity contribution in [2.24, 2.45) is 0 Å². The van der Waals surface area contributed by atoms with Crippen molar-refractivity contribution in [3.63, 3.8) is 0 Å².